The van der Waals surface area contributed by atoms with Crippen LogP contribution in [0.4, 0.5) is 0 Å². The van der Waals surface area contributed by atoms with Gasteiger partial charge in [-0.2, -0.15) is 0 Å². The number of hydrogen-bond donors (Lipinski definition) is 1. The van der Waals surface area contributed by atoms with E-state index in [-0.39, 0.29) is 12.1 Å². The van der Waals surface area contributed by atoms with Gasteiger partial charge >= 0.3 is 0 Å². The molecule has 2 rings (SSSR count). The zero-order valence-electron chi connectivity index (χ0n) is 13.7. The van der Waals surface area contributed by atoms with Crippen molar-refractivity contribution in [1.29, 1.82) is 0 Å². The maximum Gasteiger partial charge on any atom is 0.120 e. The summed E-state index contributed by atoms with van der Waals surface area (Å²) in [7, 11) is 2.20. The Balaban J connectivity index is 2.04. The number of nitrogens with zero attached hydrogens (tertiary/aromatic N) is 1. The first-order chi connectivity index (χ1) is 10.1. The first kappa shape index (κ1) is 16.3. The van der Waals surface area contributed by atoms with Crippen molar-refractivity contribution in [3.8, 4) is 5.75 Å². The summed E-state index contributed by atoms with van der Waals surface area (Å²) in [5.41, 5.74) is 7.31. The van der Waals surface area contributed by atoms with Crippen LogP contribution in [-0.4, -0.2) is 31.1 Å². The molecule has 0 heterocycles. The van der Waals surface area contributed by atoms with Gasteiger partial charge < -0.3 is 10.5 Å². The molecule has 0 amide bonds. The first-order valence-corrected chi connectivity index (χ1v) is 8.27. The molecular weight excluding hydrogens is 260 g/mol. The highest BCUT2D eigenvalue weighted by Crippen LogP contribution is 2.29. The van der Waals surface area contributed by atoms with Gasteiger partial charge in [0, 0.05) is 19.1 Å². The maximum absolute atomic E-state index is 6.05. The van der Waals surface area contributed by atoms with Crippen molar-refractivity contribution in [3.63, 3.8) is 0 Å². The molecule has 1 aromatic carbocycles. The Bertz CT molecular complexity index is 427. The summed E-state index contributed by atoms with van der Waals surface area (Å²) in [6.07, 6.45) is 5.73. The Morgan fingerprint density at radius 1 is 1.29 bits per heavy atom. The highest BCUT2D eigenvalue weighted by atomic mass is 16.5. The number of rotatable bonds is 7. The zero-order chi connectivity index (χ0) is 15.2. The van der Waals surface area contributed by atoms with E-state index in [2.05, 4.69) is 44.0 Å². The van der Waals surface area contributed by atoms with Crippen LogP contribution in [-0.2, 0) is 0 Å². The molecule has 3 nitrogen and oxygen atoms in total. The van der Waals surface area contributed by atoms with Crippen LogP contribution in [0.3, 0.4) is 0 Å². The molecule has 1 aromatic rings. The molecule has 118 valence electrons. The third-order valence-electron chi connectivity index (χ3n) is 4.39. The lowest BCUT2D eigenvalue weighted by Gasteiger charge is -2.30. The Morgan fingerprint density at radius 3 is 2.62 bits per heavy atom. The van der Waals surface area contributed by atoms with Crippen molar-refractivity contribution in [2.24, 2.45) is 11.7 Å². The molecule has 1 saturated carbocycles. The molecule has 0 spiro atoms. The molecule has 0 bridgehead atoms. The second-order valence-electron chi connectivity index (χ2n) is 6.58. The summed E-state index contributed by atoms with van der Waals surface area (Å²) >= 11 is 0. The Morgan fingerprint density at radius 2 is 2.00 bits per heavy atom. The van der Waals surface area contributed by atoms with Gasteiger partial charge in [0.1, 0.15) is 5.75 Å². The second-order valence-corrected chi connectivity index (χ2v) is 6.58. The summed E-state index contributed by atoms with van der Waals surface area (Å²) in [4.78, 5) is 2.42. The van der Waals surface area contributed by atoms with Gasteiger partial charge in [-0.25, -0.2) is 0 Å². The molecule has 0 radical (unpaired) electrons. The van der Waals surface area contributed by atoms with Gasteiger partial charge in [-0.05, 0) is 57.4 Å². The van der Waals surface area contributed by atoms with Crippen LogP contribution in [0, 0.1) is 5.92 Å². The molecule has 0 aliphatic heterocycles. The predicted molar refractivity (Wildman–Crippen MR) is 88.6 cm³/mol. The van der Waals surface area contributed by atoms with E-state index in [9.17, 15) is 0 Å². The topological polar surface area (TPSA) is 38.5 Å². The van der Waals surface area contributed by atoms with Gasteiger partial charge in [0.05, 0.1) is 6.10 Å². The molecule has 2 N–H and O–H groups in total. The second kappa shape index (κ2) is 7.81. The van der Waals surface area contributed by atoms with Crippen molar-refractivity contribution in [3.05, 3.63) is 29.8 Å². The average Bonchev–Trinajstić information content (AvgIpc) is 2.92. The molecule has 0 saturated heterocycles. The highest BCUT2D eigenvalue weighted by molar-refractivity contribution is 5.31. The molecule has 21 heavy (non-hydrogen) atoms. The van der Waals surface area contributed by atoms with E-state index in [1.54, 1.807) is 0 Å². The van der Waals surface area contributed by atoms with Gasteiger partial charge in [0.25, 0.3) is 0 Å². The van der Waals surface area contributed by atoms with Gasteiger partial charge in [-0.1, -0.05) is 25.0 Å². The van der Waals surface area contributed by atoms with E-state index in [0.717, 1.165) is 18.2 Å². The number of ether oxygens (including phenoxy) is 1. The van der Waals surface area contributed by atoms with E-state index in [4.69, 9.17) is 10.5 Å². The van der Waals surface area contributed by atoms with Crippen LogP contribution in [0.25, 0.3) is 0 Å². The summed E-state index contributed by atoms with van der Waals surface area (Å²) < 4.78 is 5.80. The van der Waals surface area contributed by atoms with E-state index in [0.29, 0.717) is 6.54 Å². The zero-order valence-corrected chi connectivity index (χ0v) is 13.7. The van der Waals surface area contributed by atoms with E-state index >= 15 is 0 Å². The summed E-state index contributed by atoms with van der Waals surface area (Å²) in [6, 6.07) is 8.67. The van der Waals surface area contributed by atoms with Crippen LogP contribution in [0.15, 0.2) is 24.3 Å². The largest absolute Gasteiger partial charge is 0.491 e. The van der Waals surface area contributed by atoms with E-state index in [1.807, 2.05) is 6.07 Å². The fourth-order valence-corrected chi connectivity index (χ4v) is 3.37. The third-order valence-corrected chi connectivity index (χ3v) is 4.39. The number of hydrogen-bond acceptors (Lipinski definition) is 3. The summed E-state index contributed by atoms with van der Waals surface area (Å²) in [6.45, 7) is 5.91. The first-order valence-electron chi connectivity index (χ1n) is 8.27. The lowest BCUT2D eigenvalue weighted by molar-refractivity contribution is 0.210. The van der Waals surface area contributed by atoms with Crippen LogP contribution in [0.5, 0.6) is 5.75 Å². The Labute approximate surface area is 129 Å². The van der Waals surface area contributed by atoms with E-state index < -0.39 is 0 Å². The summed E-state index contributed by atoms with van der Waals surface area (Å²) in [5, 5.41) is 0. The van der Waals surface area contributed by atoms with Gasteiger partial charge in [0.15, 0.2) is 0 Å². The van der Waals surface area contributed by atoms with E-state index in [1.165, 1.54) is 31.2 Å². The molecular formula is C18H30N2O. The van der Waals surface area contributed by atoms with Crippen LogP contribution < -0.4 is 10.5 Å². The van der Waals surface area contributed by atoms with Crippen LogP contribution in [0.2, 0.25) is 0 Å². The monoisotopic (exact) mass is 290 g/mol. The molecule has 1 atom stereocenters. The van der Waals surface area contributed by atoms with Crippen molar-refractivity contribution >= 4 is 0 Å². The maximum atomic E-state index is 6.05. The lowest BCUT2D eigenvalue weighted by atomic mass is 10.0. The average molecular weight is 290 g/mol. The number of likely N-dealkylation sites (N-methyl/N-ethyl adjacent to an activating group) is 1. The number of nitrogens with two attached hydrogens (primary N) is 1. The predicted octanol–water partition coefficient (Wildman–Crippen LogP) is 3.60. The smallest absolute Gasteiger partial charge is 0.120 e. The fourth-order valence-electron chi connectivity index (χ4n) is 3.37. The van der Waals surface area contributed by atoms with Gasteiger partial charge in [-0.3, -0.25) is 4.90 Å². The molecule has 1 fully saturated rings. The Kier molecular flexibility index (Phi) is 6.07. The fraction of sp³-hybridized carbons (Fsp3) is 0.667. The standard InChI is InChI=1S/C18H30N2O/c1-14(2)21-17-10-6-9-16(11-17)18(12-19)20(3)13-15-7-4-5-8-15/h6,9-11,14-15,18H,4-5,7-8,12-13,19H2,1-3H3. The SMILES string of the molecule is CC(C)Oc1cccc(C(CN)N(C)CC2CCCC2)c1. The lowest BCUT2D eigenvalue weighted by Crippen LogP contribution is -2.33. The summed E-state index contributed by atoms with van der Waals surface area (Å²) in [5.74, 6) is 1.79. The molecule has 3 heteroatoms. The van der Waals surface area contributed by atoms with Crippen LogP contribution in [0.1, 0.15) is 51.1 Å². The minimum Gasteiger partial charge on any atom is -0.491 e. The van der Waals surface area contributed by atoms with Crippen molar-refractivity contribution in [1.82, 2.24) is 4.90 Å². The molecule has 1 unspecified atom stereocenters. The highest BCUT2D eigenvalue weighted by Gasteiger charge is 2.22. The van der Waals surface area contributed by atoms with Crippen molar-refractivity contribution < 1.29 is 4.74 Å². The van der Waals surface area contributed by atoms with Crippen molar-refractivity contribution in [2.45, 2.75) is 51.7 Å². The van der Waals surface area contributed by atoms with Gasteiger partial charge in [-0.15, -0.1) is 0 Å². The molecule has 1 aliphatic carbocycles. The third kappa shape index (κ3) is 4.72. The minimum absolute atomic E-state index is 0.202. The minimum atomic E-state index is 0.202. The van der Waals surface area contributed by atoms with Gasteiger partial charge in [0.2, 0.25) is 0 Å². The normalized spacial score (nSPS) is 17.6. The number of benzene rings is 1. The Hall–Kier alpha value is -1.06. The quantitative estimate of drug-likeness (QED) is 0.834. The molecule has 1 aliphatic rings. The van der Waals surface area contributed by atoms with Crippen LogP contribution >= 0.6 is 0 Å². The molecule has 0 aromatic heterocycles. The van der Waals surface area contributed by atoms with Crippen molar-refractivity contribution in [2.75, 3.05) is 20.1 Å².